The van der Waals surface area contributed by atoms with Crippen LogP contribution < -0.4 is 0 Å². The first-order chi connectivity index (χ1) is 15.5. The maximum Gasteiger partial charge on any atom is 0.229 e. The maximum absolute atomic E-state index is 13.5. The van der Waals surface area contributed by atoms with Gasteiger partial charge in [-0.2, -0.15) is 0 Å². The third kappa shape index (κ3) is 5.78. The highest BCUT2D eigenvalue weighted by molar-refractivity contribution is 5.85. The Morgan fingerprint density at radius 3 is 2.55 bits per heavy atom. The topological polar surface area (TPSA) is 59.7 Å². The van der Waals surface area contributed by atoms with Crippen molar-refractivity contribution in [2.24, 2.45) is 0 Å². The zero-order chi connectivity index (χ0) is 22.5. The summed E-state index contributed by atoms with van der Waals surface area (Å²) < 4.78 is 7.27. The van der Waals surface area contributed by atoms with Crippen LogP contribution in [-0.4, -0.2) is 45.4 Å². The molecule has 33 heavy (non-hydrogen) atoms. The van der Waals surface area contributed by atoms with Gasteiger partial charge in [0, 0.05) is 31.6 Å². The van der Waals surface area contributed by atoms with Gasteiger partial charge in [0.15, 0.2) is 0 Å². The number of carbonyl (C=O) groups excluding carboxylic acids is 1. The molecule has 1 amide bonds. The van der Waals surface area contributed by atoms with E-state index in [4.69, 9.17) is 9.72 Å². The van der Waals surface area contributed by atoms with Crippen LogP contribution in [0.25, 0.3) is 16.9 Å². The fraction of sp³-hybridized carbons (Fsp3) is 0.269. The highest BCUT2D eigenvalue weighted by Crippen LogP contribution is 2.26. The van der Waals surface area contributed by atoms with Gasteiger partial charge in [-0.3, -0.25) is 9.78 Å². The van der Waals surface area contributed by atoms with E-state index in [2.05, 4.69) is 36.2 Å². The van der Waals surface area contributed by atoms with Gasteiger partial charge in [0.25, 0.3) is 0 Å². The molecule has 0 radical (unpaired) electrons. The van der Waals surface area contributed by atoms with Crippen molar-refractivity contribution in [1.29, 1.82) is 0 Å². The molecule has 0 aliphatic carbocycles. The average molecular weight is 465 g/mol. The zero-order valence-electron chi connectivity index (χ0n) is 19.2. The minimum atomic E-state index is 0. The molecule has 7 heteroatoms. The van der Waals surface area contributed by atoms with Crippen molar-refractivity contribution in [3.63, 3.8) is 0 Å². The lowest BCUT2D eigenvalue weighted by atomic mass is 10.1. The summed E-state index contributed by atoms with van der Waals surface area (Å²) in [5.41, 5.74) is 6.75. The van der Waals surface area contributed by atoms with E-state index in [0.29, 0.717) is 19.7 Å². The molecule has 3 heterocycles. The summed E-state index contributed by atoms with van der Waals surface area (Å²) in [5, 5.41) is 0. The number of carbonyl (C=O) groups is 1. The summed E-state index contributed by atoms with van der Waals surface area (Å²) in [6, 6.07) is 18.1. The molecule has 0 aliphatic rings. The lowest BCUT2D eigenvalue weighted by Crippen LogP contribution is -2.35. The number of aryl methyl sites for hydroxylation is 2. The Bertz CT molecular complexity index is 1210. The van der Waals surface area contributed by atoms with Crippen molar-refractivity contribution >= 4 is 24.0 Å². The number of amides is 1. The first-order valence-electron chi connectivity index (χ1n) is 10.8. The van der Waals surface area contributed by atoms with Gasteiger partial charge in [0.2, 0.25) is 5.91 Å². The lowest BCUT2D eigenvalue weighted by Gasteiger charge is -2.22. The van der Waals surface area contributed by atoms with Crippen LogP contribution in [0.1, 0.15) is 22.5 Å². The molecular formula is C26H29ClN4O2. The van der Waals surface area contributed by atoms with E-state index in [1.54, 1.807) is 18.2 Å². The van der Waals surface area contributed by atoms with Crippen molar-refractivity contribution in [1.82, 2.24) is 19.3 Å². The molecule has 172 valence electrons. The van der Waals surface area contributed by atoms with Gasteiger partial charge in [-0.05, 0) is 43.7 Å². The van der Waals surface area contributed by atoms with Gasteiger partial charge in [-0.1, -0.05) is 35.9 Å². The second kappa shape index (κ2) is 11.1. The highest BCUT2D eigenvalue weighted by Gasteiger charge is 2.21. The molecule has 0 unspecified atom stereocenters. The number of pyridine rings is 2. The Morgan fingerprint density at radius 2 is 1.85 bits per heavy atom. The van der Waals surface area contributed by atoms with E-state index in [1.165, 1.54) is 5.56 Å². The molecular weight excluding hydrogens is 436 g/mol. The van der Waals surface area contributed by atoms with Gasteiger partial charge >= 0.3 is 0 Å². The van der Waals surface area contributed by atoms with Crippen molar-refractivity contribution < 1.29 is 9.53 Å². The molecule has 0 saturated heterocycles. The van der Waals surface area contributed by atoms with Crippen molar-refractivity contribution in [3.05, 3.63) is 89.5 Å². The minimum Gasteiger partial charge on any atom is -0.383 e. The lowest BCUT2D eigenvalue weighted by molar-refractivity contribution is -0.131. The molecule has 1 aromatic carbocycles. The van der Waals surface area contributed by atoms with Gasteiger partial charge in [0.05, 0.1) is 36.7 Å². The third-order valence-corrected chi connectivity index (χ3v) is 5.52. The number of hydrogen-bond donors (Lipinski definition) is 0. The summed E-state index contributed by atoms with van der Waals surface area (Å²) in [7, 11) is 1.64. The number of methoxy groups -OCH3 is 1. The Morgan fingerprint density at radius 1 is 1.06 bits per heavy atom. The molecule has 0 bridgehead atoms. The predicted molar refractivity (Wildman–Crippen MR) is 133 cm³/mol. The first kappa shape index (κ1) is 24.4. The molecule has 0 atom stereocenters. The Balaban J connectivity index is 0.00000306. The van der Waals surface area contributed by atoms with Crippen LogP contribution in [0, 0.1) is 13.8 Å². The van der Waals surface area contributed by atoms with E-state index in [9.17, 15) is 4.79 Å². The number of imidazole rings is 1. The number of rotatable bonds is 8. The van der Waals surface area contributed by atoms with Gasteiger partial charge < -0.3 is 14.0 Å². The molecule has 0 fully saturated rings. The number of aromatic nitrogens is 3. The number of halogens is 1. The van der Waals surface area contributed by atoms with Gasteiger partial charge in [-0.15, -0.1) is 12.4 Å². The second-order valence-electron chi connectivity index (χ2n) is 8.01. The molecule has 3 aromatic heterocycles. The summed E-state index contributed by atoms with van der Waals surface area (Å²) in [6.07, 6.45) is 3.98. The number of hydrogen-bond acceptors (Lipinski definition) is 4. The highest BCUT2D eigenvalue weighted by atomic mass is 35.5. The minimum absolute atomic E-state index is 0. The number of nitrogens with zero attached hydrogens (tertiary/aromatic N) is 4. The Labute approximate surface area is 200 Å². The summed E-state index contributed by atoms with van der Waals surface area (Å²) in [6.45, 7) is 5.52. The predicted octanol–water partition coefficient (Wildman–Crippen LogP) is 4.65. The fourth-order valence-electron chi connectivity index (χ4n) is 3.74. The standard InChI is InChI=1S/C26H28N4O2.ClH/c1-19-7-9-21(10-8-19)26-23(30-13-11-20(2)16-24(30)28-26)17-25(31)29(14-15-32-3)18-22-6-4-5-12-27-22;/h4-13,16H,14-15,17-18H2,1-3H3;1H. The van der Waals surface area contributed by atoms with Crippen molar-refractivity contribution in [2.45, 2.75) is 26.8 Å². The number of fused-ring (bicyclic) bond motifs is 1. The number of benzene rings is 1. The van der Waals surface area contributed by atoms with E-state index in [-0.39, 0.29) is 24.7 Å². The SMILES string of the molecule is COCCN(Cc1ccccn1)C(=O)Cc1c(-c2ccc(C)cc2)nc2cc(C)ccn12.Cl. The van der Waals surface area contributed by atoms with Crippen LogP contribution in [0.4, 0.5) is 0 Å². The molecule has 0 spiro atoms. The smallest absolute Gasteiger partial charge is 0.229 e. The maximum atomic E-state index is 13.5. The van der Waals surface area contributed by atoms with Crippen LogP contribution in [-0.2, 0) is 22.5 Å². The monoisotopic (exact) mass is 464 g/mol. The average Bonchev–Trinajstić information content (AvgIpc) is 3.15. The quantitative estimate of drug-likeness (QED) is 0.380. The second-order valence-corrected chi connectivity index (χ2v) is 8.01. The molecule has 0 saturated carbocycles. The van der Waals surface area contributed by atoms with Crippen LogP contribution in [0.2, 0.25) is 0 Å². The van der Waals surface area contributed by atoms with Gasteiger partial charge in [0.1, 0.15) is 5.65 Å². The van der Waals surface area contributed by atoms with Crippen LogP contribution in [0.5, 0.6) is 0 Å². The fourth-order valence-corrected chi connectivity index (χ4v) is 3.74. The molecule has 0 N–H and O–H groups in total. The first-order valence-corrected chi connectivity index (χ1v) is 10.8. The summed E-state index contributed by atoms with van der Waals surface area (Å²) >= 11 is 0. The van der Waals surface area contributed by atoms with E-state index >= 15 is 0 Å². The van der Waals surface area contributed by atoms with E-state index in [0.717, 1.165) is 33.9 Å². The van der Waals surface area contributed by atoms with Crippen molar-refractivity contribution in [3.8, 4) is 11.3 Å². The molecule has 0 aliphatic heterocycles. The van der Waals surface area contributed by atoms with E-state index in [1.807, 2.05) is 47.9 Å². The Kier molecular flexibility index (Phi) is 8.20. The van der Waals surface area contributed by atoms with Crippen LogP contribution in [0.15, 0.2) is 67.0 Å². The van der Waals surface area contributed by atoms with Gasteiger partial charge in [-0.25, -0.2) is 4.98 Å². The summed E-state index contributed by atoms with van der Waals surface area (Å²) in [4.78, 5) is 24.5. The Hall–Kier alpha value is -3.22. The zero-order valence-corrected chi connectivity index (χ0v) is 20.0. The molecule has 6 nitrogen and oxygen atoms in total. The third-order valence-electron chi connectivity index (χ3n) is 5.52. The largest absolute Gasteiger partial charge is 0.383 e. The van der Waals surface area contributed by atoms with Crippen LogP contribution in [0.3, 0.4) is 0 Å². The molecule has 4 aromatic rings. The van der Waals surface area contributed by atoms with Crippen LogP contribution >= 0.6 is 12.4 Å². The summed E-state index contributed by atoms with van der Waals surface area (Å²) in [5.74, 6) is 0.0171. The normalized spacial score (nSPS) is 10.8. The van der Waals surface area contributed by atoms with E-state index < -0.39 is 0 Å². The number of ether oxygens (including phenoxy) is 1. The van der Waals surface area contributed by atoms with Crippen molar-refractivity contribution in [2.75, 3.05) is 20.3 Å². The molecule has 4 rings (SSSR count).